The fourth-order valence-corrected chi connectivity index (χ4v) is 3.75. The van der Waals surface area contributed by atoms with Gasteiger partial charge in [-0.2, -0.15) is 10.2 Å². The second-order valence-electron chi connectivity index (χ2n) is 7.56. The molecule has 1 saturated carbocycles. The van der Waals surface area contributed by atoms with Crippen molar-refractivity contribution >= 4 is 22.5 Å². The van der Waals surface area contributed by atoms with E-state index < -0.39 is 5.41 Å². The molecule has 10 heteroatoms. The highest BCUT2D eigenvalue weighted by atomic mass is 16.1. The van der Waals surface area contributed by atoms with Crippen LogP contribution >= 0.6 is 0 Å². The second-order valence-corrected chi connectivity index (χ2v) is 7.56. The summed E-state index contributed by atoms with van der Waals surface area (Å²) < 4.78 is 3.45. The summed E-state index contributed by atoms with van der Waals surface area (Å²) in [5, 5.41) is 13.9. The Kier molecular flexibility index (Phi) is 4.02. The lowest BCUT2D eigenvalue weighted by molar-refractivity contribution is -0.120. The van der Waals surface area contributed by atoms with Gasteiger partial charge in [-0.15, -0.1) is 0 Å². The molecule has 0 bridgehead atoms. The van der Waals surface area contributed by atoms with Crippen molar-refractivity contribution in [1.29, 1.82) is 0 Å². The molecule has 5 rings (SSSR count). The van der Waals surface area contributed by atoms with Crippen molar-refractivity contribution in [2.75, 3.05) is 12.4 Å². The SMILES string of the molecule is CNc1ncc(-c2ccn(Cc3ncn(C)n3)n2)c2cc(C3(C(N)=O)CC3)ncc12. The van der Waals surface area contributed by atoms with Crippen molar-refractivity contribution in [2.45, 2.75) is 24.8 Å². The molecule has 0 atom stereocenters. The number of rotatable bonds is 6. The standard InChI is InChI=1S/C20H21N9O/c1-22-18-14-9-23-16(20(4-5-20)19(21)30)7-12(14)13(8-24-18)15-3-6-29(26-15)10-17-25-11-28(2)27-17/h3,6-9,11H,4-5,10H2,1-2H3,(H2,21,30)(H,22,24). The number of pyridine rings is 2. The summed E-state index contributed by atoms with van der Waals surface area (Å²) in [7, 11) is 3.65. The van der Waals surface area contributed by atoms with Crippen LogP contribution in [0.5, 0.6) is 0 Å². The lowest BCUT2D eigenvalue weighted by Gasteiger charge is -2.14. The molecule has 4 heterocycles. The Balaban J connectivity index is 1.59. The third-order valence-electron chi connectivity index (χ3n) is 5.59. The number of hydrogen-bond acceptors (Lipinski definition) is 7. The maximum absolute atomic E-state index is 12.0. The second kappa shape index (κ2) is 6.61. The predicted octanol–water partition coefficient (Wildman–Crippen LogP) is 1.23. The van der Waals surface area contributed by atoms with E-state index in [4.69, 9.17) is 5.73 Å². The Morgan fingerprint density at radius 3 is 2.70 bits per heavy atom. The van der Waals surface area contributed by atoms with E-state index in [0.717, 1.165) is 34.9 Å². The monoisotopic (exact) mass is 403 g/mol. The van der Waals surface area contributed by atoms with Gasteiger partial charge in [0.05, 0.1) is 16.8 Å². The molecule has 0 radical (unpaired) electrons. The van der Waals surface area contributed by atoms with Crippen LogP contribution in [0.3, 0.4) is 0 Å². The molecule has 0 spiro atoms. The first kappa shape index (κ1) is 18.2. The van der Waals surface area contributed by atoms with E-state index in [1.807, 2.05) is 32.4 Å². The van der Waals surface area contributed by atoms with Gasteiger partial charge in [-0.05, 0) is 30.4 Å². The number of nitrogens with two attached hydrogens (primary N) is 1. The van der Waals surface area contributed by atoms with Crippen LogP contribution in [0.25, 0.3) is 22.0 Å². The van der Waals surface area contributed by atoms with Crippen molar-refractivity contribution in [2.24, 2.45) is 12.8 Å². The van der Waals surface area contributed by atoms with Gasteiger partial charge in [-0.1, -0.05) is 0 Å². The van der Waals surface area contributed by atoms with Crippen molar-refractivity contribution in [3.8, 4) is 11.3 Å². The van der Waals surface area contributed by atoms with Gasteiger partial charge >= 0.3 is 0 Å². The van der Waals surface area contributed by atoms with Crippen molar-refractivity contribution < 1.29 is 4.79 Å². The van der Waals surface area contributed by atoms with E-state index in [0.29, 0.717) is 23.9 Å². The molecule has 1 aliphatic carbocycles. The first-order valence-corrected chi connectivity index (χ1v) is 9.65. The van der Waals surface area contributed by atoms with Crippen LogP contribution in [-0.2, 0) is 23.8 Å². The highest BCUT2D eigenvalue weighted by Crippen LogP contribution is 2.48. The largest absolute Gasteiger partial charge is 0.373 e. The molecule has 1 fully saturated rings. The molecule has 10 nitrogen and oxygen atoms in total. The summed E-state index contributed by atoms with van der Waals surface area (Å²) in [6, 6.07) is 3.88. The zero-order valence-corrected chi connectivity index (χ0v) is 16.7. The third-order valence-corrected chi connectivity index (χ3v) is 5.59. The molecular weight excluding hydrogens is 382 g/mol. The van der Waals surface area contributed by atoms with Gasteiger partial charge in [0.2, 0.25) is 5.91 Å². The zero-order chi connectivity index (χ0) is 20.9. The highest BCUT2D eigenvalue weighted by Gasteiger charge is 2.51. The van der Waals surface area contributed by atoms with Crippen LogP contribution in [0.4, 0.5) is 5.82 Å². The quantitative estimate of drug-likeness (QED) is 0.495. The number of nitrogens with one attached hydrogen (secondary N) is 1. The zero-order valence-electron chi connectivity index (χ0n) is 16.7. The average molecular weight is 403 g/mol. The summed E-state index contributed by atoms with van der Waals surface area (Å²) in [4.78, 5) is 25.3. The van der Waals surface area contributed by atoms with E-state index in [1.54, 1.807) is 28.1 Å². The highest BCUT2D eigenvalue weighted by molar-refractivity contribution is 6.01. The number of aryl methyl sites for hydroxylation is 1. The maximum Gasteiger partial charge on any atom is 0.229 e. The molecule has 3 N–H and O–H groups in total. The maximum atomic E-state index is 12.0. The molecule has 0 aliphatic heterocycles. The number of nitrogens with zero attached hydrogens (tertiary/aromatic N) is 7. The van der Waals surface area contributed by atoms with Crippen LogP contribution in [0.2, 0.25) is 0 Å². The lowest BCUT2D eigenvalue weighted by Crippen LogP contribution is -2.29. The molecule has 0 unspecified atom stereocenters. The first-order valence-electron chi connectivity index (χ1n) is 9.65. The van der Waals surface area contributed by atoms with E-state index >= 15 is 0 Å². The van der Waals surface area contributed by atoms with Gasteiger partial charge in [0.15, 0.2) is 5.82 Å². The third kappa shape index (κ3) is 2.88. The van der Waals surface area contributed by atoms with Crippen LogP contribution < -0.4 is 11.1 Å². The molecule has 0 saturated heterocycles. The van der Waals surface area contributed by atoms with Crippen molar-refractivity contribution in [3.05, 3.63) is 48.6 Å². The van der Waals surface area contributed by atoms with Crippen LogP contribution in [0.1, 0.15) is 24.4 Å². The van der Waals surface area contributed by atoms with Gasteiger partial charge in [0, 0.05) is 43.6 Å². The van der Waals surface area contributed by atoms with E-state index in [1.165, 1.54) is 0 Å². The average Bonchev–Trinajstić information content (AvgIpc) is 3.28. The molecule has 1 amide bonds. The van der Waals surface area contributed by atoms with Crippen molar-refractivity contribution in [3.63, 3.8) is 0 Å². The first-order chi connectivity index (χ1) is 14.5. The smallest absolute Gasteiger partial charge is 0.229 e. The van der Waals surface area contributed by atoms with Gasteiger partial charge in [0.25, 0.3) is 0 Å². The molecule has 0 aromatic carbocycles. The molecular formula is C20H21N9O. The summed E-state index contributed by atoms with van der Waals surface area (Å²) in [5.41, 5.74) is 7.34. The number of amides is 1. The van der Waals surface area contributed by atoms with Crippen LogP contribution in [-0.4, -0.2) is 47.5 Å². The molecule has 152 valence electrons. The fraction of sp³-hybridized carbons (Fsp3) is 0.300. The number of primary amides is 1. The molecule has 4 aromatic heterocycles. The van der Waals surface area contributed by atoms with Crippen LogP contribution in [0.15, 0.2) is 37.1 Å². The minimum Gasteiger partial charge on any atom is -0.373 e. The van der Waals surface area contributed by atoms with Gasteiger partial charge in [-0.25, -0.2) is 9.97 Å². The van der Waals surface area contributed by atoms with Gasteiger partial charge in [0.1, 0.15) is 18.7 Å². The molecule has 1 aliphatic rings. The number of fused-ring (bicyclic) bond motifs is 1. The number of carbonyl (C=O) groups excluding carboxylic acids is 1. The normalized spacial score (nSPS) is 14.7. The number of aromatic nitrogens is 7. The Morgan fingerprint density at radius 2 is 2.03 bits per heavy atom. The topological polar surface area (TPSA) is 129 Å². The lowest BCUT2D eigenvalue weighted by atomic mass is 9.97. The minimum absolute atomic E-state index is 0.328. The number of carbonyl (C=O) groups is 1. The summed E-state index contributed by atoms with van der Waals surface area (Å²) in [6.07, 6.45) is 8.54. The Hall–Kier alpha value is -3.82. The predicted molar refractivity (Wildman–Crippen MR) is 111 cm³/mol. The summed E-state index contributed by atoms with van der Waals surface area (Å²) >= 11 is 0. The van der Waals surface area contributed by atoms with E-state index in [-0.39, 0.29) is 5.91 Å². The van der Waals surface area contributed by atoms with Crippen LogP contribution in [0, 0.1) is 0 Å². The van der Waals surface area contributed by atoms with Crippen molar-refractivity contribution in [1.82, 2.24) is 34.5 Å². The number of hydrogen-bond donors (Lipinski definition) is 2. The van der Waals surface area contributed by atoms with E-state index in [9.17, 15) is 4.79 Å². The van der Waals surface area contributed by atoms with E-state index in [2.05, 4.69) is 30.5 Å². The fourth-order valence-electron chi connectivity index (χ4n) is 3.75. The Morgan fingerprint density at radius 1 is 1.20 bits per heavy atom. The van der Waals surface area contributed by atoms with Gasteiger partial charge in [-0.3, -0.25) is 19.1 Å². The molecule has 4 aromatic rings. The Bertz CT molecular complexity index is 1270. The summed E-state index contributed by atoms with van der Waals surface area (Å²) in [5.74, 6) is 1.07. The minimum atomic E-state index is -0.654. The Labute approximate surface area is 172 Å². The molecule has 30 heavy (non-hydrogen) atoms. The summed E-state index contributed by atoms with van der Waals surface area (Å²) in [6.45, 7) is 0.471. The number of anilines is 1. The van der Waals surface area contributed by atoms with Gasteiger partial charge < -0.3 is 11.1 Å².